The SMILES string of the molecule is CN(CC(C)(C)CN)C(=O)CCCNC(=O)c1ccc(F)cc1F.Cl. The average molecular weight is 378 g/mol. The van der Waals surface area contributed by atoms with Crippen LogP contribution in [-0.4, -0.2) is 43.4 Å². The van der Waals surface area contributed by atoms with E-state index >= 15 is 0 Å². The van der Waals surface area contributed by atoms with Crippen LogP contribution in [0.4, 0.5) is 8.78 Å². The fourth-order valence-electron chi connectivity index (χ4n) is 2.20. The molecule has 0 aliphatic carbocycles. The predicted octanol–water partition coefficient (Wildman–Crippen LogP) is 2.34. The Bertz CT molecular complexity index is 597. The van der Waals surface area contributed by atoms with Crippen LogP contribution in [0, 0.1) is 17.0 Å². The van der Waals surface area contributed by atoms with Crippen LogP contribution in [0.2, 0.25) is 0 Å². The zero-order chi connectivity index (χ0) is 18.3. The molecule has 0 atom stereocenters. The molecule has 0 aromatic heterocycles. The van der Waals surface area contributed by atoms with E-state index in [1.165, 1.54) is 0 Å². The van der Waals surface area contributed by atoms with Crippen molar-refractivity contribution < 1.29 is 18.4 Å². The van der Waals surface area contributed by atoms with Crippen molar-refractivity contribution in [3.05, 3.63) is 35.4 Å². The molecule has 1 aromatic carbocycles. The first-order chi connectivity index (χ1) is 11.2. The van der Waals surface area contributed by atoms with Crippen molar-refractivity contribution in [3.63, 3.8) is 0 Å². The molecule has 0 heterocycles. The Labute approximate surface area is 153 Å². The second-order valence-corrected chi connectivity index (χ2v) is 6.60. The molecule has 1 aromatic rings. The van der Waals surface area contributed by atoms with Crippen LogP contribution < -0.4 is 11.1 Å². The van der Waals surface area contributed by atoms with Crippen LogP contribution in [0.15, 0.2) is 18.2 Å². The number of hydrogen-bond acceptors (Lipinski definition) is 3. The Hall–Kier alpha value is -1.73. The zero-order valence-electron chi connectivity index (χ0n) is 14.8. The fraction of sp³-hybridized carbons (Fsp3) is 0.529. The van der Waals surface area contributed by atoms with Crippen molar-refractivity contribution in [2.24, 2.45) is 11.1 Å². The van der Waals surface area contributed by atoms with E-state index in [-0.39, 0.29) is 42.3 Å². The van der Waals surface area contributed by atoms with E-state index in [1.807, 2.05) is 13.8 Å². The third-order valence-electron chi connectivity index (χ3n) is 3.67. The van der Waals surface area contributed by atoms with Gasteiger partial charge in [0.05, 0.1) is 5.56 Å². The van der Waals surface area contributed by atoms with Gasteiger partial charge < -0.3 is 16.0 Å². The molecule has 0 saturated carbocycles. The molecule has 1 rings (SSSR count). The minimum absolute atomic E-state index is 0. The molecule has 142 valence electrons. The summed E-state index contributed by atoms with van der Waals surface area (Å²) in [6.07, 6.45) is 0.699. The summed E-state index contributed by atoms with van der Waals surface area (Å²) in [6.45, 7) is 5.22. The molecular weight excluding hydrogens is 352 g/mol. The second-order valence-electron chi connectivity index (χ2n) is 6.60. The fourth-order valence-corrected chi connectivity index (χ4v) is 2.20. The molecule has 0 fully saturated rings. The number of nitrogens with one attached hydrogen (secondary N) is 1. The lowest BCUT2D eigenvalue weighted by Crippen LogP contribution is -2.40. The van der Waals surface area contributed by atoms with Gasteiger partial charge in [0, 0.05) is 32.6 Å². The maximum absolute atomic E-state index is 13.5. The van der Waals surface area contributed by atoms with Gasteiger partial charge >= 0.3 is 0 Å². The Morgan fingerprint density at radius 1 is 1.28 bits per heavy atom. The highest BCUT2D eigenvalue weighted by molar-refractivity contribution is 5.94. The summed E-state index contributed by atoms with van der Waals surface area (Å²) in [5.74, 6) is -2.32. The molecule has 0 spiro atoms. The monoisotopic (exact) mass is 377 g/mol. The lowest BCUT2D eigenvalue weighted by atomic mass is 9.93. The van der Waals surface area contributed by atoms with E-state index in [0.29, 0.717) is 25.6 Å². The number of rotatable bonds is 8. The van der Waals surface area contributed by atoms with Gasteiger partial charge in [-0.15, -0.1) is 12.4 Å². The number of benzene rings is 1. The largest absolute Gasteiger partial charge is 0.352 e. The Morgan fingerprint density at radius 3 is 2.48 bits per heavy atom. The molecule has 0 unspecified atom stereocenters. The van der Waals surface area contributed by atoms with Gasteiger partial charge in [-0.1, -0.05) is 13.8 Å². The Morgan fingerprint density at radius 2 is 1.92 bits per heavy atom. The van der Waals surface area contributed by atoms with E-state index in [0.717, 1.165) is 12.1 Å². The molecule has 25 heavy (non-hydrogen) atoms. The number of nitrogens with zero attached hydrogens (tertiary/aromatic N) is 1. The summed E-state index contributed by atoms with van der Waals surface area (Å²) in [5.41, 5.74) is 5.27. The standard InChI is InChI=1S/C17H25F2N3O2.ClH/c1-17(2,10-20)11-22(3)15(23)5-4-8-21-16(24)13-7-6-12(18)9-14(13)19;/h6-7,9H,4-5,8,10-11,20H2,1-3H3,(H,21,24);1H. The third kappa shape index (κ3) is 7.79. The first-order valence-corrected chi connectivity index (χ1v) is 7.83. The van der Waals surface area contributed by atoms with Crippen molar-refractivity contribution in [1.29, 1.82) is 0 Å². The molecule has 2 amide bonds. The average Bonchev–Trinajstić information content (AvgIpc) is 2.50. The number of hydrogen-bond donors (Lipinski definition) is 2. The molecule has 5 nitrogen and oxygen atoms in total. The topological polar surface area (TPSA) is 75.4 Å². The van der Waals surface area contributed by atoms with E-state index in [2.05, 4.69) is 5.32 Å². The molecule has 0 saturated heterocycles. The molecule has 0 bridgehead atoms. The molecule has 3 N–H and O–H groups in total. The predicted molar refractivity (Wildman–Crippen MR) is 95.6 cm³/mol. The Kier molecular flexibility index (Phi) is 9.59. The summed E-state index contributed by atoms with van der Waals surface area (Å²) in [5, 5.41) is 2.52. The first-order valence-electron chi connectivity index (χ1n) is 7.83. The van der Waals surface area contributed by atoms with E-state index in [9.17, 15) is 18.4 Å². The van der Waals surface area contributed by atoms with Gasteiger partial charge in [-0.3, -0.25) is 9.59 Å². The molecule has 8 heteroatoms. The van der Waals surface area contributed by atoms with E-state index in [4.69, 9.17) is 5.73 Å². The van der Waals surface area contributed by atoms with Crippen molar-refractivity contribution in [3.8, 4) is 0 Å². The van der Waals surface area contributed by atoms with Gasteiger partial charge in [0.15, 0.2) is 0 Å². The highest BCUT2D eigenvalue weighted by Gasteiger charge is 2.20. The summed E-state index contributed by atoms with van der Waals surface area (Å²) >= 11 is 0. The zero-order valence-corrected chi connectivity index (χ0v) is 15.6. The summed E-state index contributed by atoms with van der Waals surface area (Å²) in [4.78, 5) is 25.4. The number of carbonyl (C=O) groups excluding carboxylic acids is 2. The number of carbonyl (C=O) groups is 2. The van der Waals surface area contributed by atoms with Crippen LogP contribution >= 0.6 is 12.4 Å². The normalized spacial score (nSPS) is 10.8. The van der Waals surface area contributed by atoms with Crippen LogP contribution in [0.1, 0.15) is 37.0 Å². The maximum atomic E-state index is 13.5. The minimum atomic E-state index is -0.910. The van der Waals surface area contributed by atoms with Gasteiger partial charge in [0.25, 0.3) is 5.91 Å². The Balaban J connectivity index is 0.00000576. The second kappa shape index (κ2) is 10.3. The van der Waals surface area contributed by atoms with Crippen LogP contribution in [0.25, 0.3) is 0 Å². The highest BCUT2D eigenvalue weighted by Crippen LogP contribution is 2.14. The maximum Gasteiger partial charge on any atom is 0.254 e. The van der Waals surface area contributed by atoms with Crippen LogP contribution in [0.3, 0.4) is 0 Å². The van der Waals surface area contributed by atoms with Gasteiger partial charge in [-0.05, 0) is 30.5 Å². The van der Waals surface area contributed by atoms with E-state index < -0.39 is 17.5 Å². The van der Waals surface area contributed by atoms with Crippen LogP contribution in [-0.2, 0) is 4.79 Å². The number of halogens is 3. The number of amides is 2. The summed E-state index contributed by atoms with van der Waals surface area (Å²) in [6, 6.07) is 2.77. The van der Waals surface area contributed by atoms with Gasteiger partial charge in [0.1, 0.15) is 11.6 Å². The summed E-state index contributed by atoms with van der Waals surface area (Å²) in [7, 11) is 1.71. The lowest BCUT2D eigenvalue weighted by molar-refractivity contribution is -0.131. The number of nitrogens with two attached hydrogens (primary N) is 1. The lowest BCUT2D eigenvalue weighted by Gasteiger charge is -2.29. The van der Waals surface area contributed by atoms with Crippen LogP contribution in [0.5, 0.6) is 0 Å². The van der Waals surface area contributed by atoms with Gasteiger partial charge in [-0.2, -0.15) is 0 Å². The minimum Gasteiger partial charge on any atom is -0.352 e. The van der Waals surface area contributed by atoms with Crippen molar-refractivity contribution in [2.75, 3.05) is 26.7 Å². The van der Waals surface area contributed by atoms with Gasteiger partial charge in [0.2, 0.25) is 5.91 Å². The molecule has 0 aliphatic heterocycles. The highest BCUT2D eigenvalue weighted by atomic mass is 35.5. The van der Waals surface area contributed by atoms with Crippen molar-refractivity contribution >= 4 is 24.2 Å². The molecule has 0 aliphatic rings. The molecular formula is C17H26ClF2N3O2. The van der Waals surface area contributed by atoms with Crippen molar-refractivity contribution in [1.82, 2.24) is 10.2 Å². The van der Waals surface area contributed by atoms with E-state index in [1.54, 1.807) is 11.9 Å². The third-order valence-corrected chi connectivity index (χ3v) is 3.67. The first kappa shape index (κ1) is 23.3. The van der Waals surface area contributed by atoms with Crippen molar-refractivity contribution in [2.45, 2.75) is 26.7 Å². The molecule has 0 radical (unpaired) electrons. The van der Waals surface area contributed by atoms with Gasteiger partial charge in [-0.25, -0.2) is 8.78 Å². The summed E-state index contributed by atoms with van der Waals surface area (Å²) < 4.78 is 26.3. The quantitative estimate of drug-likeness (QED) is 0.683. The smallest absolute Gasteiger partial charge is 0.254 e.